The highest BCUT2D eigenvalue weighted by atomic mass is 16.6. The van der Waals surface area contributed by atoms with Gasteiger partial charge in [0.2, 0.25) is 5.54 Å². The van der Waals surface area contributed by atoms with Gasteiger partial charge in [-0.25, -0.2) is 9.59 Å². The first-order chi connectivity index (χ1) is 9.11. The van der Waals surface area contributed by atoms with E-state index in [0.717, 1.165) is 13.8 Å². The minimum absolute atomic E-state index is 0.0192. The molecule has 0 bridgehead atoms. The van der Waals surface area contributed by atoms with Gasteiger partial charge in [-0.2, -0.15) is 5.06 Å². The lowest BCUT2D eigenvalue weighted by molar-refractivity contribution is -0.198. The SMILES string of the molecule is CC(=O)[C@](C)(C(=O)OC(C)(C)C)N(O)C(=O)OC(C)(C)C. The molecule has 0 unspecified atom stereocenters. The zero-order valence-electron chi connectivity index (χ0n) is 13.9. The molecule has 0 fully saturated rings. The van der Waals surface area contributed by atoms with Crippen molar-refractivity contribution in [2.24, 2.45) is 0 Å². The van der Waals surface area contributed by atoms with E-state index in [2.05, 4.69) is 0 Å². The van der Waals surface area contributed by atoms with Crippen molar-refractivity contribution in [1.82, 2.24) is 5.06 Å². The molecule has 0 saturated carbocycles. The summed E-state index contributed by atoms with van der Waals surface area (Å²) < 4.78 is 10.0. The Morgan fingerprint density at radius 1 is 0.857 bits per heavy atom. The quantitative estimate of drug-likeness (QED) is 0.372. The lowest BCUT2D eigenvalue weighted by Gasteiger charge is -2.35. The Morgan fingerprint density at radius 2 is 1.24 bits per heavy atom. The second kappa shape index (κ2) is 6.01. The lowest BCUT2D eigenvalue weighted by Crippen LogP contribution is -2.60. The predicted octanol–water partition coefficient (Wildman–Crippen LogP) is 2.30. The molecule has 0 aliphatic rings. The van der Waals surface area contributed by atoms with E-state index in [1.807, 2.05) is 0 Å². The van der Waals surface area contributed by atoms with E-state index in [0.29, 0.717) is 0 Å². The highest BCUT2D eigenvalue weighted by Crippen LogP contribution is 2.23. The average Bonchev–Trinajstić information content (AvgIpc) is 2.21. The first kappa shape index (κ1) is 19.4. The fourth-order valence-electron chi connectivity index (χ4n) is 1.24. The molecule has 0 heterocycles. The van der Waals surface area contributed by atoms with Gasteiger partial charge in [0.25, 0.3) is 0 Å². The number of ether oxygens (including phenoxy) is 2. The maximum atomic E-state index is 12.2. The van der Waals surface area contributed by atoms with Gasteiger partial charge in [0, 0.05) is 0 Å². The Balaban J connectivity index is 5.43. The number of carbonyl (C=O) groups is 3. The van der Waals surface area contributed by atoms with Crippen LogP contribution in [0.1, 0.15) is 55.4 Å². The molecule has 0 rings (SSSR count). The van der Waals surface area contributed by atoms with Crippen LogP contribution in [0.4, 0.5) is 4.79 Å². The molecule has 0 aliphatic heterocycles. The Morgan fingerprint density at radius 3 is 1.52 bits per heavy atom. The van der Waals surface area contributed by atoms with E-state index in [1.54, 1.807) is 41.5 Å². The van der Waals surface area contributed by atoms with Gasteiger partial charge in [-0.3, -0.25) is 10.0 Å². The molecule has 1 amide bonds. The van der Waals surface area contributed by atoms with Crippen LogP contribution in [0, 0.1) is 0 Å². The summed E-state index contributed by atoms with van der Waals surface area (Å²) in [4.78, 5) is 35.8. The Hall–Kier alpha value is -1.63. The summed E-state index contributed by atoms with van der Waals surface area (Å²) in [7, 11) is 0. The normalized spacial score (nSPS) is 14.9. The number of hydrogen-bond acceptors (Lipinski definition) is 6. The molecule has 122 valence electrons. The molecule has 0 aromatic rings. The minimum atomic E-state index is -2.17. The molecule has 21 heavy (non-hydrogen) atoms. The first-order valence-corrected chi connectivity index (χ1v) is 6.58. The van der Waals surface area contributed by atoms with Crippen molar-refractivity contribution >= 4 is 17.8 Å². The van der Waals surface area contributed by atoms with Crippen LogP contribution in [0.15, 0.2) is 0 Å². The first-order valence-electron chi connectivity index (χ1n) is 6.58. The number of Topliss-reactive ketones (excluding diaryl/α,β-unsaturated/α-hetero) is 1. The summed E-state index contributed by atoms with van der Waals surface area (Å²) in [6, 6.07) is 0. The smallest absolute Gasteiger partial charge is 0.435 e. The van der Waals surface area contributed by atoms with Crippen LogP contribution < -0.4 is 0 Å². The van der Waals surface area contributed by atoms with E-state index in [9.17, 15) is 19.6 Å². The van der Waals surface area contributed by atoms with Gasteiger partial charge < -0.3 is 9.47 Å². The van der Waals surface area contributed by atoms with Gasteiger partial charge in [-0.15, -0.1) is 0 Å². The van der Waals surface area contributed by atoms with Crippen LogP contribution in [0.2, 0.25) is 0 Å². The number of esters is 1. The van der Waals surface area contributed by atoms with E-state index in [4.69, 9.17) is 9.47 Å². The standard InChI is InChI=1S/C14H25NO6/c1-9(16)14(8,10(17)20-12(2,3)4)15(19)11(18)21-13(5,6)7/h19H,1-8H3/t14-/m1/s1. The maximum Gasteiger partial charge on any atom is 0.435 e. The molecule has 0 aliphatic carbocycles. The average molecular weight is 303 g/mol. The van der Waals surface area contributed by atoms with E-state index < -0.39 is 34.6 Å². The summed E-state index contributed by atoms with van der Waals surface area (Å²) in [6.45, 7) is 11.8. The molecular formula is C14H25NO6. The minimum Gasteiger partial charge on any atom is -0.458 e. The number of carbonyl (C=O) groups excluding carboxylic acids is 3. The van der Waals surface area contributed by atoms with Crippen molar-refractivity contribution < 1.29 is 29.1 Å². The summed E-state index contributed by atoms with van der Waals surface area (Å²) in [5.74, 6) is -1.78. The molecule has 0 aromatic carbocycles. The Labute approximate surface area is 125 Å². The van der Waals surface area contributed by atoms with Crippen molar-refractivity contribution in [1.29, 1.82) is 0 Å². The number of hydroxylamine groups is 2. The fraction of sp³-hybridized carbons (Fsp3) is 0.786. The van der Waals surface area contributed by atoms with Gasteiger partial charge in [-0.1, -0.05) is 0 Å². The molecule has 0 spiro atoms. The zero-order valence-corrected chi connectivity index (χ0v) is 13.9. The molecule has 0 radical (unpaired) electrons. The zero-order chi connectivity index (χ0) is 17.2. The van der Waals surface area contributed by atoms with Gasteiger partial charge in [0.15, 0.2) is 5.78 Å². The van der Waals surface area contributed by atoms with Crippen molar-refractivity contribution in [3.63, 3.8) is 0 Å². The van der Waals surface area contributed by atoms with Gasteiger partial charge in [0.1, 0.15) is 11.2 Å². The summed E-state index contributed by atoms with van der Waals surface area (Å²) in [5.41, 5.74) is -3.93. The lowest BCUT2D eigenvalue weighted by atomic mass is 9.97. The molecule has 7 nitrogen and oxygen atoms in total. The summed E-state index contributed by atoms with van der Waals surface area (Å²) in [6.07, 6.45) is -1.20. The van der Waals surface area contributed by atoms with Gasteiger partial charge >= 0.3 is 12.1 Å². The van der Waals surface area contributed by atoms with Crippen molar-refractivity contribution in [2.45, 2.75) is 72.1 Å². The number of rotatable bonds is 3. The number of nitrogens with zero attached hydrogens (tertiary/aromatic N) is 1. The maximum absolute atomic E-state index is 12.2. The summed E-state index contributed by atoms with van der Waals surface area (Å²) >= 11 is 0. The molecule has 1 N–H and O–H groups in total. The largest absolute Gasteiger partial charge is 0.458 e. The van der Waals surface area contributed by atoms with E-state index in [1.165, 1.54) is 0 Å². The molecule has 1 atom stereocenters. The van der Waals surface area contributed by atoms with Crippen LogP contribution in [-0.4, -0.2) is 44.9 Å². The second-order valence-corrected chi connectivity index (χ2v) is 6.92. The van der Waals surface area contributed by atoms with Crippen LogP contribution >= 0.6 is 0 Å². The van der Waals surface area contributed by atoms with Crippen LogP contribution in [0.25, 0.3) is 0 Å². The number of hydrogen-bond donors (Lipinski definition) is 1. The predicted molar refractivity (Wildman–Crippen MR) is 74.8 cm³/mol. The van der Waals surface area contributed by atoms with Crippen molar-refractivity contribution in [2.75, 3.05) is 0 Å². The van der Waals surface area contributed by atoms with Crippen LogP contribution in [0.5, 0.6) is 0 Å². The van der Waals surface area contributed by atoms with E-state index in [-0.39, 0.29) is 5.06 Å². The third-order valence-corrected chi connectivity index (χ3v) is 2.47. The Kier molecular flexibility index (Phi) is 5.54. The topological polar surface area (TPSA) is 93.1 Å². The number of amides is 1. The van der Waals surface area contributed by atoms with Gasteiger partial charge in [0.05, 0.1) is 0 Å². The van der Waals surface area contributed by atoms with Crippen molar-refractivity contribution in [3.05, 3.63) is 0 Å². The van der Waals surface area contributed by atoms with E-state index >= 15 is 0 Å². The molecule has 7 heteroatoms. The Bertz CT molecular complexity index is 432. The van der Waals surface area contributed by atoms with Gasteiger partial charge in [-0.05, 0) is 55.4 Å². The third-order valence-electron chi connectivity index (χ3n) is 2.47. The molecule has 0 saturated heterocycles. The van der Waals surface area contributed by atoms with Crippen LogP contribution in [0.3, 0.4) is 0 Å². The highest BCUT2D eigenvalue weighted by molar-refractivity contribution is 6.08. The second-order valence-electron chi connectivity index (χ2n) is 6.92. The van der Waals surface area contributed by atoms with Crippen LogP contribution in [-0.2, 0) is 19.1 Å². The number of ketones is 1. The molecular weight excluding hydrogens is 278 g/mol. The highest BCUT2D eigenvalue weighted by Gasteiger charge is 2.50. The monoisotopic (exact) mass is 303 g/mol. The van der Waals surface area contributed by atoms with Crippen molar-refractivity contribution in [3.8, 4) is 0 Å². The summed E-state index contributed by atoms with van der Waals surface area (Å²) in [5, 5.41) is 9.96. The molecule has 0 aromatic heterocycles. The fourth-order valence-corrected chi connectivity index (χ4v) is 1.24. The third kappa shape index (κ3) is 5.34.